The smallest absolute Gasteiger partial charge is 0.0470 e. The number of thiol groups is 4. The molecule has 0 saturated carbocycles. The molecule has 0 aromatic heterocycles. The van der Waals surface area contributed by atoms with Crippen molar-refractivity contribution in [3.8, 4) is 0 Å². The number of unbranched alkanes of at least 4 members (excludes halogenated alkanes) is 4. The molecular formula is C12H26S4. The van der Waals surface area contributed by atoms with E-state index in [-0.39, 0.29) is 4.58 Å². The van der Waals surface area contributed by atoms with Crippen molar-refractivity contribution >= 4 is 50.5 Å². The molecular weight excluding hydrogens is 272 g/mol. The Morgan fingerprint density at radius 2 is 1.06 bits per heavy atom. The van der Waals surface area contributed by atoms with Gasteiger partial charge >= 0.3 is 0 Å². The summed E-state index contributed by atoms with van der Waals surface area (Å²) in [5.74, 6) is 2.69. The fourth-order valence-electron chi connectivity index (χ4n) is 1.83. The topological polar surface area (TPSA) is 0 Å². The summed E-state index contributed by atoms with van der Waals surface area (Å²) in [4.78, 5) is 0. The summed E-state index contributed by atoms with van der Waals surface area (Å²) in [6.45, 7) is 0. The van der Waals surface area contributed by atoms with Gasteiger partial charge in [-0.25, -0.2) is 0 Å². The molecule has 0 saturated heterocycles. The first-order valence-electron chi connectivity index (χ1n) is 6.30. The molecule has 98 valence electrons. The van der Waals surface area contributed by atoms with Gasteiger partial charge in [0.25, 0.3) is 0 Å². The molecule has 0 aromatic carbocycles. The first kappa shape index (κ1) is 17.4. The highest BCUT2D eigenvalue weighted by Gasteiger charge is 2.13. The van der Waals surface area contributed by atoms with E-state index in [1.165, 1.54) is 51.4 Å². The lowest BCUT2D eigenvalue weighted by Crippen LogP contribution is -2.09. The van der Waals surface area contributed by atoms with Crippen molar-refractivity contribution in [2.45, 2.75) is 55.9 Å². The molecule has 4 heteroatoms. The Labute approximate surface area is 123 Å². The van der Waals surface area contributed by atoms with Crippen LogP contribution in [0.25, 0.3) is 0 Å². The van der Waals surface area contributed by atoms with Crippen LogP contribution in [-0.2, 0) is 0 Å². The van der Waals surface area contributed by atoms with E-state index in [0.29, 0.717) is 5.92 Å². The maximum atomic E-state index is 4.47. The van der Waals surface area contributed by atoms with Crippen molar-refractivity contribution < 1.29 is 0 Å². The lowest BCUT2D eigenvalue weighted by Gasteiger charge is -2.19. The maximum absolute atomic E-state index is 4.47. The highest BCUT2D eigenvalue weighted by molar-refractivity contribution is 7.99. The summed E-state index contributed by atoms with van der Waals surface area (Å²) in [7, 11) is 0. The standard InChI is InChI=1S/C12H26S4/c13-9-5-2-1-3-7-11(12(15)16)8-4-6-10-14/h11-16H,1-10H2. The van der Waals surface area contributed by atoms with Gasteiger partial charge in [-0.3, -0.25) is 0 Å². The van der Waals surface area contributed by atoms with Crippen molar-refractivity contribution in [3.63, 3.8) is 0 Å². The minimum atomic E-state index is 0.241. The normalized spacial score (nSPS) is 13.3. The van der Waals surface area contributed by atoms with E-state index in [2.05, 4.69) is 50.5 Å². The van der Waals surface area contributed by atoms with E-state index in [1.54, 1.807) is 0 Å². The summed E-state index contributed by atoms with van der Waals surface area (Å²) in [5.41, 5.74) is 0. The van der Waals surface area contributed by atoms with Gasteiger partial charge in [0.05, 0.1) is 0 Å². The first-order valence-corrected chi connectivity index (χ1v) is 8.60. The van der Waals surface area contributed by atoms with Crippen LogP contribution in [-0.4, -0.2) is 16.1 Å². The monoisotopic (exact) mass is 298 g/mol. The predicted octanol–water partition coefficient (Wildman–Crippen LogP) is 4.77. The van der Waals surface area contributed by atoms with Crippen LogP contribution in [0.15, 0.2) is 0 Å². The molecule has 0 aromatic rings. The van der Waals surface area contributed by atoms with Crippen molar-refractivity contribution in [2.24, 2.45) is 5.92 Å². The number of rotatable bonds is 11. The van der Waals surface area contributed by atoms with Crippen LogP contribution in [0.1, 0.15) is 51.4 Å². The van der Waals surface area contributed by atoms with Crippen molar-refractivity contribution in [1.29, 1.82) is 0 Å². The summed E-state index contributed by atoms with van der Waals surface area (Å²) in [6.07, 6.45) is 10.2. The fraction of sp³-hybridized carbons (Fsp3) is 1.00. The van der Waals surface area contributed by atoms with Gasteiger partial charge in [-0.2, -0.15) is 50.5 Å². The molecule has 0 N–H and O–H groups in total. The Morgan fingerprint density at radius 3 is 1.56 bits per heavy atom. The molecule has 0 radical (unpaired) electrons. The average Bonchev–Trinajstić information content (AvgIpc) is 2.26. The fourth-order valence-corrected chi connectivity index (χ4v) is 2.88. The van der Waals surface area contributed by atoms with Gasteiger partial charge in [0.1, 0.15) is 0 Å². The van der Waals surface area contributed by atoms with Gasteiger partial charge in [-0.15, -0.1) is 0 Å². The lowest BCUT2D eigenvalue weighted by molar-refractivity contribution is 0.442. The maximum Gasteiger partial charge on any atom is 0.0470 e. The molecule has 1 atom stereocenters. The highest BCUT2D eigenvalue weighted by atomic mass is 32.2. The molecule has 0 rings (SSSR count). The molecule has 0 aliphatic carbocycles. The van der Waals surface area contributed by atoms with Gasteiger partial charge in [-0.1, -0.05) is 25.7 Å². The summed E-state index contributed by atoms with van der Waals surface area (Å²) < 4.78 is 0.241. The molecule has 0 aliphatic rings. The van der Waals surface area contributed by atoms with E-state index in [1.807, 2.05) is 0 Å². The SMILES string of the molecule is SCCCCCCC(CCCCS)C(S)S. The molecule has 0 aliphatic heterocycles. The van der Waals surface area contributed by atoms with Crippen LogP contribution in [0.5, 0.6) is 0 Å². The minimum Gasteiger partial charge on any atom is -0.179 e. The largest absolute Gasteiger partial charge is 0.179 e. The summed E-state index contributed by atoms with van der Waals surface area (Å²) >= 11 is 17.4. The van der Waals surface area contributed by atoms with Crippen molar-refractivity contribution in [3.05, 3.63) is 0 Å². The van der Waals surface area contributed by atoms with Crippen LogP contribution in [0, 0.1) is 5.92 Å². The first-order chi connectivity index (χ1) is 7.72. The zero-order valence-corrected chi connectivity index (χ0v) is 13.6. The van der Waals surface area contributed by atoms with E-state index in [4.69, 9.17) is 0 Å². The molecule has 0 spiro atoms. The second-order valence-electron chi connectivity index (χ2n) is 4.32. The molecule has 0 heterocycles. The Bertz CT molecular complexity index is 139. The third-order valence-electron chi connectivity index (χ3n) is 2.89. The van der Waals surface area contributed by atoms with E-state index in [9.17, 15) is 0 Å². The van der Waals surface area contributed by atoms with E-state index >= 15 is 0 Å². The molecule has 1 unspecified atom stereocenters. The van der Waals surface area contributed by atoms with Crippen LogP contribution in [0.3, 0.4) is 0 Å². The molecule has 0 fully saturated rings. The third kappa shape index (κ3) is 10.5. The summed E-state index contributed by atoms with van der Waals surface area (Å²) in [5, 5.41) is 0. The average molecular weight is 299 g/mol. The molecule has 16 heavy (non-hydrogen) atoms. The van der Waals surface area contributed by atoms with Crippen LogP contribution < -0.4 is 0 Å². The Hall–Kier alpha value is 1.40. The van der Waals surface area contributed by atoms with Gasteiger partial charge in [0.15, 0.2) is 0 Å². The van der Waals surface area contributed by atoms with Gasteiger partial charge < -0.3 is 0 Å². The lowest BCUT2D eigenvalue weighted by atomic mass is 9.97. The number of hydrogen-bond acceptors (Lipinski definition) is 4. The highest BCUT2D eigenvalue weighted by Crippen LogP contribution is 2.26. The zero-order valence-electron chi connectivity index (χ0n) is 10.0. The Balaban J connectivity index is 3.52. The van der Waals surface area contributed by atoms with Crippen LogP contribution in [0.4, 0.5) is 0 Å². The number of hydrogen-bond donors (Lipinski definition) is 4. The third-order valence-corrected chi connectivity index (χ3v) is 4.36. The van der Waals surface area contributed by atoms with Gasteiger partial charge in [0.2, 0.25) is 0 Å². The van der Waals surface area contributed by atoms with Crippen molar-refractivity contribution in [1.82, 2.24) is 0 Å². The van der Waals surface area contributed by atoms with E-state index in [0.717, 1.165) is 11.5 Å². The molecule has 0 amide bonds. The summed E-state index contributed by atoms with van der Waals surface area (Å²) in [6, 6.07) is 0. The second-order valence-corrected chi connectivity index (χ2v) is 6.73. The quantitative estimate of drug-likeness (QED) is 0.236. The molecule has 0 nitrogen and oxygen atoms in total. The van der Waals surface area contributed by atoms with Gasteiger partial charge in [0, 0.05) is 4.58 Å². The second kappa shape index (κ2) is 12.8. The Morgan fingerprint density at radius 1 is 0.625 bits per heavy atom. The van der Waals surface area contributed by atoms with Crippen molar-refractivity contribution in [2.75, 3.05) is 11.5 Å². The van der Waals surface area contributed by atoms with E-state index < -0.39 is 0 Å². The van der Waals surface area contributed by atoms with Gasteiger partial charge in [-0.05, 0) is 43.1 Å². The zero-order chi connectivity index (χ0) is 12.2. The minimum absolute atomic E-state index is 0.241. The molecule has 0 bridgehead atoms. The Kier molecular flexibility index (Phi) is 14.0. The van der Waals surface area contributed by atoms with Crippen LogP contribution in [0.2, 0.25) is 0 Å². The predicted molar refractivity (Wildman–Crippen MR) is 89.9 cm³/mol. The van der Waals surface area contributed by atoms with Crippen LogP contribution >= 0.6 is 50.5 Å².